The van der Waals surface area contributed by atoms with Crippen molar-refractivity contribution >= 4 is 17.3 Å². The second kappa shape index (κ2) is 8.24. The van der Waals surface area contributed by atoms with Crippen molar-refractivity contribution in [2.45, 2.75) is 45.2 Å². The van der Waals surface area contributed by atoms with Crippen LogP contribution in [0, 0.1) is 13.8 Å². The molecule has 0 bridgehead atoms. The number of rotatable bonds is 3. The highest BCUT2D eigenvalue weighted by molar-refractivity contribution is 6.08. The lowest BCUT2D eigenvalue weighted by molar-refractivity contribution is -0.138. The van der Waals surface area contributed by atoms with E-state index in [0.717, 1.165) is 11.6 Å². The fourth-order valence-corrected chi connectivity index (χ4v) is 3.67. The first-order valence-electron chi connectivity index (χ1n) is 9.69. The van der Waals surface area contributed by atoms with E-state index in [1.54, 1.807) is 18.2 Å². The summed E-state index contributed by atoms with van der Waals surface area (Å²) in [5, 5.41) is 2.70. The quantitative estimate of drug-likeness (QED) is 0.593. The maximum Gasteiger partial charge on any atom is 0.416 e. The van der Waals surface area contributed by atoms with Gasteiger partial charge in [0.25, 0.3) is 5.91 Å². The summed E-state index contributed by atoms with van der Waals surface area (Å²) in [7, 11) is 0. The lowest BCUT2D eigenvalue weighted by atomic mass is 10.0. The highest BCUT2D eigenvalue weighted by Crippen LogP contribution is 2.38. The zero-order chi connectivity index (χ0) is 22.1. The molecule has 30 heavy (non-hydrogen) atoms. The second-order valence-electron chi connectivity index (χ2n) is 7.70. The number of hydrogen-bond donors (Lipinski definition) is 1. The molecule has 2 aromatic carbocycles. The molecule has 2 aromatic rings. The van der Waals surface area contributed by atoms with E-state index < -0.39 is 30.0 Å². The summed E-state index contributed by atoms with van der Waals surface area (Å²) in [4.78, 5) is 14.4. The maximum atomic E-state index is 13.8. The Labute approximate surface area is 171 Å². The van der Waals surface area contributed by atoms with Gasteiger partial charge in [-0.1, -0.05) is 12.1 Å². The number of anilines is 2. The number of aryl methyl sites for hydroxylation is 2. The predicted molar refractivity (Wildman–Crippen MR) is 106 cm³/mol. The Morgan fingerprint density at radius 1 is 1.07 bits per heavy atom. The minimum absolute atomic E-state index is 0.0239. The van der Waals surface area contributed by atoms with Gasteiger partial charge in [0.05, 0.1) is 16.8 Å². The van der Waals surface area contributed by atoms with Gasteiger partial charge in [0, 0.05) is 31.6 Å². The third-order valence-corrected chi connectivity index (χ3v) is 5.23. The number of nitrogens with zero attached hydrogens (tertiary/aromatic N) is 1. The first kappa shape index (κ1) is 22.1. The summed E-state index contributed by atoms with van der Waals surface area (Å²) >= 11 is 0. The van der Waals surface area contributed by atoms with Crippen LogP contribution in [0.1, 0.15) is 46.3 Å². The second-order valence-corrected chi connectivity index (χ2v) is 7.70. The van der Waals surface area contributed by atoms with Gasteiger partial charge in [0.2, 0.25) is 5.92 Å². The Kier molecular flexibility index (Phi) is 6.06. The molecule has 0 spiro atoms. The van der Waals surface area contributed by atoms with Crippen molar-refractivity contribution in [3.63, 3.8) is 0 Å². The molecule has 3 rings (SSSR count). The number of benzene rings is 2. The van der Waals surface area contributed by atoms with Crippen LogP contribution in [0.5, 0.6) is 0 Å². The number of hydrogen-bond acceptors (Lipinski definition) is 2. The van der Waals surface area contributed by atoms with Crippen LogP contribution in [0.2, 0.25) is 0 Å². The van der Waals surface area contributed by atoms with Crippen molar-refractivity contribution in [1.82, 2.24) is 0 Å². The minimum atomic E-state index is -4.61. The zero-order valence-electron chi connectivity index (χ0n) is 16.7. The van der Waals surface area contributed by atoms with E-state index in [9.17, 15) is 26.7 Å². The van der Waals surface area contributed by atoms with E-state index in [1.165, 1.54) is 17.9 Å². The zero-order valence-corrected chi connectivity index (χ0v) is 16.7. The third kappa shape index (κ3) is 5.09. The molecule has 0 aromatic heterocycles. The predicted octanol–water partition coefficient (Wildman–Crippen LogP) is 6.20. The van der Waals surface area contributed by atoms with Crippen LogP contribution in [0.15, 0.2) is 36.4 Å². The molecule has 0 atom stereocenters. The summed E-state index contributed by atoms with van der Waals surface area (Å²) in [6.07, 6.45) is -5.28. The summed E-state index contributed by atoms with van der Waals surface area (Å²) in [5.41, 5.74) is 0.502. The van der Waals surface area contributed by atoms with Crippen LogP contribution in [0.25, 0.3) is 0 Å². The number of carbonyl (C=O) groups is 1. The Bertz CT molecular complexity index is 940. The van der Waals surface area contributed by atoms with Crippen molar-refractivity contribution in [2.24, 2.45) is 0 Å². The first-order chi connectivity index (χ1) is 14.0. The van der Waals surface area contributed by atoms with Crippen molar-refractivity contribution in [1.29, 1.82) is 0 Å². The molecule has 1 amide bonds. The molecule has 0 aliphatic carbocycles. The van der Waals surface area contributed by atoms with Gasteiger partial charge in [-0.05, 0) is 55.7 Å². The number of alkyl halides is 5. The van der Waals surface area contributed by atoms with Crippen molar-refractivity contribution in [3.8, 4) is 0 Å². The van der Waals surface area contributed by atoms with Crippen molar-refractivity contribution < 1.29 is 26.7 Å². The number of halogens is 5. The van der Waals surface area contributed by atoms with E-state index in [0.29, 0.717) is 5.69 Å². The molecule has 0 saturated carbocycles. The largest absolute Gasteiger partial charge is 0.416 e. The average molecular weight is 426 g/mol. The standard InChI is InChI=1S/C22H23F5N2O/c1-14-5-3-6-16(11-14)28-20(30)17-12-15(2)18(22(25,26)27)13-19(17)29-9-4-7-21(23,24)8-10-29/h3,5-6,11-13H,4,7-10H2,1-2H3,(H,28,30). The van der Waals surface area contributed by atoms with E-state index in [-0.39, 0.29) is 42.7 Å². The van der Waals surface area contributed by atoms with Crippen LogP contribution in [-0.4, -0.2) is 24.9 Å². The molecule has 0 radical (unpaired) electrons. The van der Waals surface area contributed by atoms with Gasteiger partial charge in [0.1, 0.15) is 0 Å². The van der Waals surface area contributed by atoms with E-state index in [1.807, 2.05) is 13.0 Å². The van der Waals surface area contributed by atoms with Crippen LogP contribution in [0.3, 0.4) is 0 Å². The summed E-state index contributed by atoms with van der Waals surface area (Å²) in [6.45, 7) is 3.16. The van der Waals surface area contributed by atoms with E-state index in [2.05, 4.69) is 5.32 Å². The molecule has 1 fully saturated rings. The highest BCUT2D eigenvalue weighted by Gasteiger charge is 2.36. The number of carbonyl (C=O) groups excluding carboxylic acids is 1. The van der Waals surface area contributed by atoms with Crippen LogP contribution >= 0.6 is 0 Å². The molecule has 1 heterocycles. The SMILES string of the molecule is Cc1cccc(NC(=O)c2cc(C)c(C(F)(F)F)cc2N2CCCC(F)(F)CC2)c1. The first-order valence-corrected chi connectivity index (χ1v) is 9.69. The summed E-state index contributed by atoms with van der Waals surface area (Å²) in [6, 6.07) is 9.10. The van der Waals surface area contributed by atoms with Crippen LogP contribution in [-0.2, 0) is 6.18 Å². The highest BCUT2D eigenvalue weighted by atomic mass is 19.4. The van der Waals surface area contributed by atoms with Crippen molar-refractivity contribution in [3.05, 3.63) is 58.7 Å². The summed E-state index contributed by atoms with van der Waals surface area (Å²) < 4.78 is 68.0. The Morgan fingerprint density at radius 3 is 2.47 bits per heavy atom. The topological polar surface area (TPSA) is 32.3 Å². The average Bonchev–Trinajstić information content (AvgIpc) is 2.81. The Hall–Kier alpha value is -2.64. The maximum absolute atomic E-state index is 13.8. The van der Waals surface area contributed by atoms with Gasteiger partial charge in [-0.25, -0.2) is 8.78 Å². The smallest absolute Gasteiger partial charge is 0.371 e. The molecule has 162 valence electrons. The lowest BCUT2D eigenvalue weighted by Crippen LogP contribution is -2.29. The monoisotopic (exact) mass is 426 g/mol. The molecule has 1 aliphatic heterocycles. The number of nitrogens with one attached hydrogen (secondary N) is 1. The molecule has 1 N–H and O–H groups in total. The molecular formula is C22H23F5N2O. The van der Waals surface area contributed by atoms with Gasteiger partial charge in [0.15, 0.2) is 0 Å². The lowest BCUT2D eigenvalue weighted by Gasteiger charge is -2.27. The van der Waals surface area contributed by atoms with Crippen LogP contribution in [0.4, 0.5) is 33.3 Å². The molecular weight excluding hydrogens is 403 g/mol. The third-order valence-electron chi connectivity index (χ3n) is 5.23. The van der Waals surface area contributed by atoms with Gasteiger partial charge >= 0.3 is 6.18 Å². The molecule has 3 nitrogen and oxygen atoms in total. The van der Waals surface area contributed by atoms with Gasteiger partial charge in [-0.3, -0.25) is 4.79 Å². The van der Waals surface area contributed by atoms with Gasteiger partial charge < -0.3 is 10.2 Å². The molecule has 0 unspecified atom stereocenters. The Morgan fingerprint density at radius 2 is 1.80 bits per heavy atom. The number of amides is 1. The molecule has 1 saturated heterocycles. The van der Waals surface area contributed by atoms with Gasteiger partial charge in [-0.15, -0.1) is 0 Å². The molecule has 1 aliphatic rings. The van der Waals surface area contributed by atoms with E-state index in [4.69, 9.17) is 0 Å². The normalized spacial score (nSPS) is 16.8. The van der Waals surface area contributed by atoms with E-state index >= 15 is 0 Å². The van der Waals surface area contributed by atoms with Crippen molar-refractivity contribution in [2.75, 3.05) is 23.3 Å². The summed E-state index contributed by atoms with van der Waals surface area (Å²) in [5.74, 6) is -3.44. The fourth-order valence-electron chi connectivity index (χ4n) is 3.67. The van der Waals surface area contributed by atoms with Gasteiger partial charge in [-0.2, -0.15) is 13.2 Å². The minimum Gasteiger partial charge on any atom is -0.371 e. The Balaban J connectivity index is 2.02. The molecule has 8 heteroatoms. The van der Waals surface area contributed by atoms with Crippen LogP contribution < -0.4 is 10.2 Å². The fraction of sp³-hybridized carbons (Fsp3) is 0.409.